The van der Waals surface area contributed by atoms with Gasteiger partial charge in [0.1, 0.15) is 0 Å². The molecule has 0 aliphatic carbocycles. The van der Waals surface area contributed by atoms with Crippen molar-refractivity contribution in [3.8, 4) is 0 Å². The highest BCUT2D eigenvalue weighted by atomic mass is 79.9. The van der Waals surface area contributed by atoms with Crippen LogP contribution in [0.15, 0.2) is 24.3 Å². The van der Waals surface area contributed by atoms with Gasteiger partial charge in [-0.2, -0.15) is 0 Å². The number of nitrogens with one attached hydrogen (secondary N) is 1. The molecule has 1 aromatic rings. The Morgan fingerprint density at radius 1 is 1.21 bits per heavy atom. The number of alkyl halides is 1. The van der Waals surface area contributed by atoms with Gasteiger partial charge in [0.15, 0.2) is 0 Å². The van der Waals surface area contributed by atoms with Crippen molar-refractivity contribution < 1.29 is 9.59 Å². The van der Waals surface area contributed by atoms with Crippen LogP contribution in [0.4, 0.5) is 5.69 Å². The molecule has 0 radical (unpaired) electrons. The lowest BCUT2D eigenvalue weighted by molar-refractivity contribution is -0.115. The fourth-order valence-corrected chi connectivity index (χ4v) is 1.75. The van der Waals surface area contributed by atoms with Crippen LogP contribution < -0.4 is 5.32 Å². The molecular weight excluding hydrogens is 308 g/mol. The SMILES string of the molecule is CCN(CC)C(=O)c1ccc(NC(=O)C(C)Br)cc1. The largest absolute Gasteiger partial charge is 0.339 e. The van der Waals surface area contributed by atoms with Crippen molar-refractivity contribution in [3.05, 3.63) is 29.8 Å². The van der Waals surface area contributed by atoms with Crippen LogP contribution in [0.3, 0.4) is 0 Å². The Hall–Kier alpha value is -1.36. The van der Waals surface area contributed by atoms with Gasteiger partial charge in [-0.15, -0.1) is 0 Å². The molecule has 2 amide bonds. The number of carbonyl (C=O) groups is 2. The first kappa shape index (κ1) is 15.7. The normalized spacial score (nSPS) is 11.8. The van der Waals surface area contributed by atoms with Crippen molar-refractivity contribution in [1.29, 1.82) is 0 Å². The number of halogens is 1. The molecule has 19 heavy (non-hydrogen) atoms. The smallest absolute Gasteiger partial charge is 0.253 e. The molecule has 1 atom stereocenters. The highest BCUT2D eigenvalue weighted by Gasteiger charge is 2.13. The van der Waals surface area contributed by atoms with E-state index < -0.39 is 0 Å². The molecule has 0 aliphatic rings. The molecule has 4 nitrogen and oxygen atoms in total. The molecule has 0 heterocycles. The first-order valence-electron chi connectivity index (χ1n) is 6.33. The minimum absolute atomic E-state index is 0.0109. The van der Waals surface area contributed by atoms with E-state index in [1.165, 1.54) is 0 Å². The lowest BCUT2D eigenvalue weighted by Crippen LogP contribution is -2.30. The van der Waals surface area contributed by atoms with E-state index >= 15 is 0 Å². The third-order valence-corrected chi connectivity index (χ3v) is 3.23. The predicted octanol–water partition coefficient (Wildman–Crippen LogP) is 2.89. The third-order valence-electron chi connectivity index (χ3n) is 2.81. The fourth-order valence-electron chi connectivity index (χ4n) is 1.63. The van der Waals surface area contributed by atoms with Crippen molar-refractivity contribution in [2.75, 3.05) is 18.4 Å². The molecule has 0 saturated carbocycles. The Bertz CT molecular complexity index is 439. The van der Waals surface area contributed by atoms with Crippen molar-refractivity contribution in [3.63, 3.8) is 0 Å². The molecule has 1 N–H and O–H groups in total. The predicted molar refractivity (Wildman–Crippen MR) is 80.7 cm³/mol. The van der Waals surface area contributed by atoms with Crippen molar-refractivity contribution in [2.45, 2.75) is 25.6 Å². The molecular formula is C14H19BrN2O2. The second kappa shape index (κ2) is 7.28. The zero-order valence-corrected chi connectivity index (χ0v) is 13.0. The second-order valence-electron chi connectivity index (χ2n) is 4.16. The van der Waals surface area contributed by atoms with Gasteiger partial charge in [-0.25, -0.2) is 0 Å². The van der Waals surface area contributed by atoms with Crippen LogP contribution in [0.2, 0.25) is 0 Å². The molecule has 0 saturated heterocycles. The first-order chi connectivity index (χ1) is 8.99. The van der Waals surface area contributed by atoms with Crippen LogP contribution in [-0.4, -0.2) is 34.6 Å². The number of anilines is 1. The van der Waals surface area contributed by atoms with Crippen molar-refractivity contribution >= 4 is 33.4 Å². The molecule has 104 valence electrons. The van der Waals surface area contributed by atoms with E-state index in [-0.39, 0.29) is 16.6 Å². The summed E-state index contributed by atoms with van der Waals surface area (Å²) < 4.78 is 0. The van der Waals surface area contributed by atoms with Gasteiger partial charge in [-0.1, -0.05) is 15.9 Å². The summed E-state index contributed by atoms with van der Waals surface area (Å²) in [6.07, 6.45) is 0. The molecule has 0 aromatic heterocycles. The van der Waals surface area contributed by atoms with Gasteiger partial charge in [0.05, 0.1) is 4.83 Å². The van der Waals surface area contributed by atoms with E-state index in [0.29, 0.717) is 24.3 Å². The second-order valence-corrected chi connectivity index (χ2v) is 5.53. The summed E-state index contributed by atoms with van der Waals surface area (Å²) in [6.45, 7) is 7.04. The number of hydrogen-bond donors (Lipinski definition) is 1. The standard InChI is InChI=1S/C14H19BrN2O2/c1-4-17(5-2)14(19)11-6-8-12(9-7-11)16-13(18)10(3)15/h6-10H,4-5H2,1-3H3,(H,16,18). The quantitative estimate of drug-likeness (QED) is 0.846. The van der Waals surface area contributed by atoms with E-state index in [4.69, 9.17) is 0 Å². The van der Waals surface area contributed by atoms with Crippen LogP contribution in [0.5, 0.6) is 0 Å². The molecule has 1 unspecified atom stereocenters. The molecule has 0 spiro atoms. The highest BCUT2D eigenvalue weighted by Crippen LogP contribution is 2.13. The Kier molecular flexibility index (Phi) is 6.02. The van der Waals surface area contributed by atoms with Crippen molar-refractivity contribution in [2.24, 2.45) is 0 Å². The summed E-state index contributed by atoms with van der Waals surface area (Å²) in [4.78, 5) is 25.1. The maximum absolute atomic E-state index is 12.1. The number of carbonyl (C=O) groups excluding carboxylic acids is 2. The van der Waals surface area contributed by atoms with Gasteiger partial charge >= 0.3 is 0 Å². The zero-order chi connectivity index (χ0) is 14.4. The van der Waals surface area contributed by atoms with E-state index in [2.05, 4.69) is 21.2 Å². The van der Waals surface area contributed by atoms with Crippen LogP contribution in [0.25, 0.3) is 0 Å². The summed E-state index contributed by atoms with van der Waals surface area (Å²) >= 11 is 3.20. The van der Waals surface area contributed by atoms with E-state index in [1.54, 1.807) is 36.1 Å². The molecule has 0 aliphatic heterocycles. The Balaban J connectivity index is 2.76. The summed E-state index contributed by atoms with van der Waals surface area (Å²) in [6, 6.07) is 6.94. The van der Waals surface area contributed by atoms with Gasteiger partial charge < -0.3 is 10.2 Å². The number of amides is 2. The van der Waals surface area contributed by atoms with Crippen LogP contribution in [0.1, 0.15) is 31.1 Å². The van der Waals surface area contributed by atoms with Gasteiger partial charge in [0.2, 0.25) is 5.91 Å². The van der Waals surface area contributed by atoms with Crippen molar-refractivity contribution in [1.82, 2.24) is 4.90 Å². The monoisotopic (exact) mass is 326 g/mol. The molecule has 0 fully saturated rings. The lowest BCUT2D eigenvalue weighted by atomic mass is 10.1. The Morgan fingerprint density at radius 2 is 1.74 bits per heavy atom. The number of benzene rings is 1. The maximum Gasteiger partial charge on any atom is 0.253 e. The Morgan fingerprint density at radius 3 is 2.16 bits per heavy atom. The van der Waals surface area contributed by atoms with Gasteiger partial charge in [0, 0.05) is 24.3 Å². The molecule has 1 rings (SSSR count). The van der Waals surface area contributed by atoms with E-state index in [0.717, 1.165) is 0 Å². The average Bonchev–Trinajstić information content (AvgIpc) is 2.40. The summed E-state index contributed by atoms with van der Waals surface area (Å²) in [7, 11) is 0. The van der Waals surface area contributed by atoms with Crippen LogP contribution in [-0.2, 0) is 4.79 Å². The zero-order valence-electron chi connectivity index (χ0n) is 11.4. The maximum atomic E-state index is 12.1. The van der Waals surface area contributed by atoms with E-state index in [1.807, 2.05) is 13.8 Å². The Labute approximate surface area is 122 Å². The number of hydrogen-bond acceptors (Lipinski definition) is 2. The third kappa shape index (κ3) is 4.35. The van der Waals surface area contributed by atoms with Gasteiger partial charge in [-0.3, -0.25) is 9.59 Å². The van der Waals surface area contributed by atoms with Gasteiger partial charge in [-0.05, 0) is 45.0 Å². The van der Waals surface area contributed by atoms with Gasteiger partial charge in [0.25, 0.3) is 5.91 Å². The number of rotatable bonds is 5. The van der Waals surface area contributed by atoms with Crippen LogP contribution >= 0.6 is 15.9 Å². The fraction of sp³-hybridized carbons (Fsp3) is 0.429. The average molecular weight is 327 g/mol. The van der Waals surface area contributed by atoms with E-state index in [9.17, 15) is 9.59 Å². The highest BCUT2D eigenvalue weighted by molar-refractivity contribution is 9.10. The molecule has 5 heteroatoms. The molecule has 0 bridgehead atoms. The minimum Gasteiger partial charge on any atom is -0.339 e. The summed E-state index contributed by atoms with van der Waals surface area (Å²) in [5.74, 6) is -0.0976. The summed E-state index contributed by atoms with van der Waals surface area (Å²) in [5, 5.41) is 2.75. The minimum atomic E-state index is -0.246. The first-order valence-corrected chi connectivity index (χ1v) is 7.25. The topological polar surface area (TPSA) is 49.4 Å². The lowest BCUT2D eigenvalue weighted by Gasteiger charge is -2.18. The van der Waals surface area contributed by atoms with Crippen LogP contribution in [0, 0.1) is 0 Å². The molecule has 1 aromatic carbocycles. The number of nitrogens with zero attached hydrogens (tertiary/aromatic N) is 1. The summed E-state index contributed by atoms with van der Waals surface area (Å²) in [5.41, 5.74) is 1.32.